The molecule has 198 valence electrons. The molecule has 1 fully saturated rings. The molecule has 2 aliphatic rings. The quantitative estimate of drug-likeness (QED) is 0.373. The maximum atomic E-state index is 13.9. The summed E-state index contributed by atoms with van der Waals surface area (Å²) in [5, 5.41) is 9.16. The monoisotopic (exact) mass is 570 g/mol. The van der Waals surface area contributed by atoms with Crippen LogP contribution in [-0.4, -0.2) is 78.3 Å². The molecule has 1 saturated heterocycles. The first-order valence-electron chi connectivity index (χ1n) is 12.5. The second-order valence-corrected chi connectivity index (χ2v) is 10.9. The van der Waals surface area contributed by atoms with Crippen LogP contribution in [0, 0.1) is 0 Å². The highest BCUT2D eigenvalue weighted by Crippen LogP contribution is 2.37. The lowest BCUT2D eigenvalue weighted by molar-refractivity contribution is -0.133. The number of halogens is 2. The molecular formula is C28H28Cl2N4O3S. The van der Waals surface area contributed by atoms with Gasteiger partial charge < -0.3 is 9.64 Å². The smallest absolute Gasteiger partial charge is 0.262 e. The van der Waals surface area contributed by atoms with Crippen LogP contribution >= 0.6 is 34.5 Å². The number of rotatable bonds is 8. The van der Waals surface area contributed by atoms with Gasteiger partial charge in [-0.15, -0.1) is 11.3 Å². The van der Waals surface area contributed by atoms with E-state index in [0.29, 0.717) is 48.3 Å². The second-order valence-electron chi connectivity index (χ2n) is 9.16. The number of benzene rings is 2. The minimum atomic E-state index is -0.357. The van der Waals surface area contributed by atoms with Crippen LogP contribution in [0.25, 0.3) is 0 Å². The molecule has 38 heavy (non-hydrogen) atoms. The molecule has 5 rings (SSSR count). The molecule has 0 saturated carbocycles. The largest absolute Gasteiger partial charge is 0.379 e. The van der Waals surface area contributed by atoms with Gasteiger partial charge in [0, 0.05) is 37.6 Å². The first-order valence-corrected chi connectivity index (χ1v) is 14.2. The summed E-state index contributed by atoms with van der Waals surface area (Å²) in [7, 11) is 0. The summed E-state index contributed by atoms with van der Waals surface area (Å²) < 4.78 is 5.45. The van der Waals surface area contributed by atoms with Gasteiger partial charge in [-0.2, -0.15) is 5.10 Å². The molecule has 2 amide bonds. The van der Waals surface area contributed by atoms with Crippen molar-refractivity contribution in [3.63, 3.8) is 0 Å². The highest BCUT2D eigenvalue weighted by atomic mass is 35.5. The van der Waals surface area contributed by atoms with Crippen LogP contribution in [0.3, 0.4) is 0 Å². The molecule has 3 heterocycles. The lowest BCUT2D eigenvalue weighted by Gasteiger charge is -2.31. The number of morpholine rings is 1. The Morgan fingerprint density at radius 1 is 1.00 bits per heavy atom. The van der Waals surface area contributed by atoms with Crippen molar-refractivity contribution in [3.8, 4) is 0 Å². The van der Waals surface area contributed by atoms with Crippen LogP contribution in [0.2, 0.25) is 10.0 Å². The van der Waals surface area contributed by atoms with Crippen molar-refractivity contribution in [2.24, 2.45) is 5.10 Å². The van der Waals surface area contributed by atoms with E-state index in [2.05, 4.69) is 4.90 Å². The Balaban J connectivity index is 1.41. The summed E-state index contributed by atoms with van der Waals surface area (Å²) in [6.07, 6.45) is 0.544. The fraction of sp³-hybridized carbons (Fsp3) is 0.321. The van der Waals surface area contributed by atoms with Crippen LogP contribution in [0.5, 0.6) is 0 Å². The molecule has 1 aromatic heterocycles. The second kappa shape index (κ2) is 12.4. The highest BCUT2D eigenvalue weighted by molar-refractivity contribution is 7.12. The number of carbonyl (C=O) groups excluding carboxylic acids is 2. The zero-order valence-electron chi connectivity index (χ0n) is 20.8. The predicted octanol–water partition coefficient (Wildman–Crippen LogP) is 5.21. The standard InChI is InChI=1S/C28H28Cl2N4O3S/c29-22-8-3-1-6-20(22)25-18-24(26-10-5-17-38-26)31-34(25)27(35)19-33(12-11-32-13-15-37-16-14-32)28(36)21-7-2-4-9-23(21)30/h1-10,17,25H,11-16,18-19H2. The molecule has 2 aromatic carbocycles. The summed E-state index contributed by atoms with van der Waals surface area (Å²) in [4.78, 5) is 32.3. The zero-order valence-corrected chi connectivity index (χ0v) is 23.1. The molecule has 0 aliphatic carbocycles. The predicted molar refractivity (Wildman–Crippen MR) is 151 cm³/mol. The molecule has 7 nitrogen and oxygen atoms in total. The first-order chi connectivity index (χ1) is 18.5. The van der Waals surface area contributed by atoms with E-state index in [1.165, 1.54) is 5.01 Å². The SMILES string of the molecule is O=C(c1ccccc1Cl)N(CCN1CCOCC1)CC(=O)N1N=C(c2cccs2)CC1c1ccccc1Cl. The highest BCUT2D eigenvalue weighted by Gasteiger charge is 2.36. The summed E-state index contributed by atoms with van der Waals surface area (Å²) in [5.74, 6) is -0.558. The number of hydrogen-bond acceptors (Lipinski definition) is 6. The van der Waals surface area contributed by atoms with Crippen molar-refractivity contribution in [1.82, 2.24) is 14.8 Å². The molecular weight excluding hydrogens is 543 g/mol. The fourth-order valence-electron chi connectivity index (χ4n) is 4.70. The van der Waals surface area contributed by atoms with Crippen LogP contribution in [0.1, 0.15) is 33.3 Å². The minimum Gasteiger partial charge on any atom is -0.379 e. The molecule has 0 radical (unpaired) electrons. The average molecular weight is 572 g/mol. The van der Waals surface area contributed by atoms with E-state index in [1.807, 2.05) is 41.8 Å². The molecule has 0 N–H and O–H groups in total. The van der Waals surface area contributed by atoms with Gasteiger partial charge in [0.25, 0.3) is 11.8 Å². The number of nitrogens with zero attached hydrogens (tertiary/aromatic N) is 4. The van der Waals surface area contributed by atoms with Gasteiger partial charge in [-0.1, -0.05) is 59.6 Å². The fourth-order valence-corrected chi connectivity index (χ4v) is 5.90. The number of ether oxygens (including phenoxy) is 1. The van der Waals surface area contributed by atoms with E-state index in [1.54, 1.807) is 40.5 Å². The van der Waals surface area contributed by atoms with Crippen LogP contribution in [-0.2, 0) is 9.53 Å². The Kier molecular flexibility index (Phi) is 8.76. The van der Waals surface area contributed by atoms with Crippen molar-refractivity contribution in [3.05, 3.63) is 92.1 Å². The van der Waals surface area contributed by atoms with Crippen LogP contribution in [0.4, 0.5) is 0 Å². The van der Waals surface area contributed by atoms with Crippen LogP contribution in [0.15, 0.2) is 71.1 Å². The zero-order chi connectivity index (χ0) is 26.5. The molecule has 2 aliphatic heterocycles. The van der Waals surface area contributed by atoms with Crippen molar-refractivity contribution in [2.75, 3.05) is 45.9 Å². The maximum absolute atomic E-state index is 13.9. The van der Waals surface area contributed by atoms with Gasteiger partial charge in [-0.3, -0.25) is 14.5 Å². The Morgan fingerprint density at radius 3 is 2.45 bits per heavy atom. The Morgan fingerprint density at radius 2 is 1.74 bits per heavy atom. The average Bonchev–Trinajstić information content (AvgIpc) is 3.62. The summed E-state index contributed by atoms with van der Waals surface area (Å²) in [5.41, 5.74) is 2.03. The summed E-state index contributed by atoms with van der Waals surface area (Å²) >= 11 is 14.5. The normalized spacial score (nSPS) is 17.9. The Labute approximate surface area is 236 Å². The number of thiophene rings is 1. The third-order valence-corrected chi connectivity index (χ3v) is 8.34. The Bertz CT molecular complexity index is 1310. The number of hydrogen-bond donors (Lipinski definition) is 0. The Hall–Kier alpha value is -2.75. The number of carbonyl (C=O) groups is 2. The van der Waals surface area contributed by atoms with E-state index >= 15 is 0 Å². The van der Waals surface area contributed by atoms with Crippen molar-refractivity contribution < 1.29 is 14.3 Å². The first kappa shape index (κ1) is 26.8. The lowest BCUT2D eigenvalue weighted by atomic mass is 10.0. The maximum Gasteiger partial charge on any atom is 0.262 e. The van der Waals surface area contributed by atoms with Gasteiger partial charge in [-0.05, 0) is 35.2 Å². The van der Waals surface area contributed by atoms with E-state index in [-0.39, 0.29) is 24.4 Å². The minimum absolute atomic E-state index is 0.128. The van der Waals surface area contributed by atoms with Gasteiger partial charge in [0.15, 0.2) is 0 Å². The lowest BCUT2D eigenvalue weighted by Crippen LogP contribution is -2.46. The summed E-state index contributed by atoms with van der Waals surface area (Å²) in [6, 6.07) is 18.0. The third kappa shape index (κ3) is 6.11. The van der Waals surface area contributed by atoms with Crippen LogP contribution < -0.4 is 0 Å². The number of hydrazone groups is 1. The van der Waals surface area contributed by atoms with Gasteiger partial charge in [0.2, 0.25) is 0 Å². The third-order valence-electron chi connectivity index (χ3n) is 6.74. The summed E-state index contributed by atoms with van der Waals surface area (Å²) in [6.45, 7) is 3.77. The van der Waals surface area contributed by atoms with Gasteiger partial charge in [-0.25, -0.2) is 5.01 Å². The molecule has 1 atom stereocenters. The van der Waals surface area contributed by atoms with E-state index < -0.39 is 0 Å². The van der Waals surface area contributed by atoms with Crippen molar-refractivity contribution in [1.29, 1.82) is 0 Å². The molecule has 3 aromatic rings. The van der Waals surface area contributed by atoms with Gasteiger partial charge >= 0.3 is 0 Å². The number of amides is 2. The molecule has 0 spiro atoms. The van der Waals surface area contributed by atoms with Gasteiger partial charge in [0.1, 0.15) is 6.54 Å². The van der Waals surface area contributed by atoms with Gasteiger partial charge in [0.05, 0.1) is 40.4 Å². The molecule has 0 bridgehead atoms. The van der Waals surface area contributed by atoms with Crippen molar-refractivity contribution in [2.45, 2.75) is 12.5 Å². The van der Waals surface area contributed by atoms with Crippen molar-refractivity contribution >= 4 is 52.1 Å². The topological polar surface area (TPSA) is 65.5 Å². The van der Waals surface area contributed by atoms with E-state index in [9.17, 15) is 9.59 Å². The van der Waals surface area contributed by atoms with E-state index in [4.69, 9.17) is 33.0 Å². The molecule has 10 heteroatoms. The molecule has 1 unspecified atom stereocenters. The van der Waals surface area contributed by atoms with E-state index in [0.717, 1.165) is 29.2 Å².